The smallest absolute Gasteiger partial charge is 0.319 e. The number of halogens is 1. The lowest BCUT2D eigenvalue weighted by Crippen LogP contribution is -2.48. The van der Waals surface area contributed by atoms with Crippen LogP contribution in [0.25, 0.3) is 0 Å². The SMILES string of the molecule is CC(NC(=O)Nc1cc(Cl)ccc1N1CCOCC1)C(C)(C)O. The number of urea groups is 1. The molecule has 3 N–H and O–H groups in total. The molecule has 6 nitrogen and oxygen atoms in total. The number of hydrogen-bond donors (Lipinski definition) is 3. The molecule has 1 fully saturated rings. The molecule has 0 radical (unpaired) electrons. The molecule has 1 aromatic rings. The number of rotatable bonds is 4. The van der Waals surface area contributed by atoms with E-state index in [1.807, 2.05) is 6.07 Å². The van der Waals surface area contributed by atoms with Crippen molar-refractivity contribution in [3.63, 3.8) is 0 Å². The van der Waals surface area contributed by atoms with E-state index in [1.165, 1.54) is 0 Å². The third-order valence-corrected chi connectivity index (χ3v) is 4.20. The quantitative estimate of drug-likeness (QED) is 0.786. The minimum absolute atomic E-state index is 0.378. The van der Waals surface area contributed by atoms with Crippen LogP contribution in [0, 0.1) is 0 Å². The van der Waals surface area contributed by atoms with Crippen molar-refractivity contribution in [1.29, 1.82) is 0 Å². The van der Waals surface area contributed by atoms with Gasteiger partial charge in [0.2, 0.25) is 0 Å². The van der Waals surface area contributed by atoms with Gasteiger partial charge in [-0.1, -0.05) is 11.6 Å². The second kappa shape index (κ2) is 7.38. The maximum atomic E-state index is 12.2. The lowest BCUT2D eigenvalue weighted by molar-refractivity contribution is 0.0486. The number of aliphatic hydroxyl groups is 1. The van der Waals surface area contributed by atoms with Crippen LogP contribution in [0.5, 0.6) is 0 Å². The first kappa shape index (κ1) is 17.8. The van der Waals surface area contributed by atoms with Gasteiger partial charge in [0.25, 0.3) is 0 Å². The summed E-state index contributed by atoms with van der Waals surface area (Å²) in [5.74, 6) is 0. The molecule has 1 unspecified atom stereocenters. The maximum absolute atomic E-state index is 12.2. The Morgan fingerprint density at radius 1 is 1.39 bits per heavy atom. The molecule has 128 valence electrons. The molecule has 0 aromatic heterocycles. The van der Waals surface area contributed by atoms with Gasteiger partial charge in [-0.2, -0.15) is 0 Å². The highest BCUT2D eigenvalue weighted by atomic mass is 35.5. The molecule has 0 saturated carbocycles. The average molecular weight is 342 g/mol. The van der Waals surface area contributed by atoms with E-state index in [1.54, 1.807) is 32.9 Å². The largest absolute Gasteiger partial charge is 0.388 e. The molecule has 7 heteroatoms. The highest BCUT2D eigenvalue weighted by Crippen LogP contribution is 2.29. The van der Waals surface area contributed by atoms with Gasteiger partial charge < -0.3 is 25.4 Å². The lowest BCUT2D eigenvalue weighted by Gasteiger charge is -2.31. The van der Waals surface area contributed by atoms with E-state index >= 15 is 0 Å². The Morgan fingerprint density at radius 2 is 2.04 bits per heavy atom. The first-order chi connectivity index (χ1) is 10.8. The second-order valence-corrected chi connectivity index (χ2v) is 6.67. The number of benzene rings is 1. The van der Waals surface area contributed by atoms with Crippen molar-refractivity contribution in [3.05, 3.63) is 23.2 Å². The van der Waals surface area contributed by atoms with Gasteiger partial charge in [0, 0.05) is 18.1 Å². The van der Waals surface area contributed by atoms with Crippen LogP contribution in [0.4, 0.5) is 16.2 Å². The molecule has 2 amide bonds. The molecule has 1 saturated heterocycles. The summed E-state index contributed by atoms with van der Waals surface area (Å²) >= 11 is 6.06. The molecule has 1 aliphatic heterocycles. The van der Waals surface area contributed by atoms with Crippen LogP contribution in [-0.2, 0) is 4.74 Å². The van der Waals surface area contributed by atoms with Gasteiger partial charge in [0.1, 0.15) is 0 Å². The lowest BCUT2D eigenvalue weighted by atomic mass is 10.0. The normalized spacial score (nSPS) is 16.8. The van der Waals surface area contributed by atoms with Gasteiger partial charge in [-0.05, 0) is 39.0 Å². The van der Waals surface area contributed by atoms with Crippen molar-refractivity contribution in [2.45, 2.75) is 32.4 Å². The van der Waals surface area contributed by atoms with Gasteiger partial charge in [0.15, 0.2) is 0 Å². The van der Waals surface area contributed by atoms with Gasteiger partial charge in [-0.15, -0.1) is 0 Å². The zero-order valence-corrected chi connectivity index (χ0v) is 14.5. The van der Waals surface area contributed by atoms with Gasteiger partial charge in [0.05, 0.1) is 36.2 Å². The molecule has 1 heterocycles. The number of morpholine rings is 1. The zero-order valence-electron chi connectivity index (χ0n) is 13.7. The summed E-state index contributed by atoms with van der Waals surface area (Å²) in [4.78, 5) is 14.3. The summed E-state index contributed by atoms with van der Waals surface area (Å²) in [6.07, 6.45) is 0. The first-order valence-electron chi connectivity index (χ1n) is 7.69. The molecular weight excluding hydrogens is 318 g/mol. The molecule has 0 aliphatic carbocycles. The summed E-state index contributed by atoms with van der Waals surface area (Å²) in [5.41, 5.74) is 0.544. The molecule has 1 aliphatic rings. The number of ether oxygens (including phenoxy) is 1. The van der Waals surface area contributed by atoms with Crippen molar-refractivity contribution in [1.82, 2.24) is 5.32 Å². The van der Waals surface area contributed by atoms with E-state index < -0.39 is 11.6 Å². The fourth-order valence-corrected chi connectivity index (χ4v) is 2.39. The van der Waals surface area contributed by atoms with Crippen molar-refractivity contribution in [2.24, 2.45) is 0 Å². The predicted octanol–water partition coefficient (Wildman–Crippen LogP) is 2.46. The number of carbonyl (C=O) groups excluding carboxylic acids is 1. The van der Waals surface area contributed by atoms with Crippen molar-refractivity contribution >= 4 is 29.0 Å². The Morgan fingerprint density at radius 3 is 2.65 bits per heavy atom. The molecule has 1 aromatic carbocycles. The Bertz CT molecular complexity index is 554. The summed E-state index contributed by atoms with van der Waals surface area (Å²) in [6.45, 7) is 7.89. The molecule has 0 bridgehead atoms. The van der Waals surface area contributed by atoms with Crippen molar-refractivity contribution in [2.75, 3.05) is 36.5 Å². The number of nitrogens with zero attached hydrogens (tertiary/aromatic N) is 1. The van der Waals surface area contributed by atoms with E-state index in [9.17, 15) is 9.90 Å². The number of nitrogens with one attached hydrogen (secondary N) is 2. The summed E-state index contributed by atoms with van der Waals surface area (Å²) in [6, 6.07) is 4.64. The fraction of sp³-hybridized carbons (Fsp3) is 0.562. The Labute approximate surface area is 141 Å². The Hall–Kier alpha value is -1.50. The third-order valence-electron chi connectivity index (χ3n) is 3.97. The zero-order chi connectivity index (χ0) is 17.0. The van der Waals surface area contributed by atoms with Gasteiger partial charge in [-0.25, -0.2) is 4.79 Å². The second-order valence-electron chi connectivity index (χ2n) is 6.23. The topological polar surface area (TPSA) is 73.8 Å². The number of carbonyl (C=O) groups is 1. The third kappa shape index (κ3) is 4.99. The number of amides is 2. The molecule has 1 atom stereocenters. The minimum Gasteiger partial charge on any atom is -0.388 e. The van der Waals surface area contributed by atoms with Crippen LogP contribution in [0.3, 0.4) is 0 Å². The molecule has 23 heavy (non-hydrogen) atoms. The van der Waals surface area contributed by atoms with E-state index in [0.717, 1.165) is 18.8 Å². The fourth-order valence-electron chi connectivity index (χ4n) is 2.22. The highest BCUT2D eigenvalue weighted by Gasteiger charge is 2.24. The summed E-state index contributed by atoms with van der Waals surface area (Å²) in [5, 5.41) is 16.0. The summed E-state index contributed by atoms with van der Waals surface area (Å²) in [7, 11) is 0. The van der Waals surface area contributed by atoms with Gasteiger partial charge >= 0.3 is 6.03 Å². The number of hydrogen-bond acceptors (Lipinski definition) is 4. The van der Waals surface area contributed by atoms with E-state index in [0.29, 0.717) is 23.9 Å². The Balaban J connectivity index is 2.11. The average Bonchev–Trinajstić information content (AvgIpc) is 2.47. The monoisotopic (exact) mass is 341 g/mol. The van der Waals surface area contributed by atoms with E-state index in [2.05, 4.69) is 15.5 Å². The van der Waals surface area contributed by atoms with Crippen LogP contribution < -0.4 is 15.5 Å². The van der Waals surface area contributed by atoms with Crippen molar-refractivity contribution in [3.8, 4) is 0 Å². The van der Waals surface area contributed by atoms with E-state index in [-0.39, 0.29) is 6.03 Å². The van der Waals surface area contributed by atoms with Crippen LogP contribution in [0.15, 0.2) is 18.2 Å². The maximum Gasteiger partial charge on any atom is 0.319 e. The standard InChI is InChI=1S/C16H24ClN3O3/c1-11(16(2,3)22)18-15(21)19-13-10-12(17)4-5-14(13)20-6-8-23-9-7-20/h4-5,10-11,22H,6-9H2,1-3H3,(H2,18,19,21). The predicted molar refractivity (Wildman–Crippen MR) is 92.4 cm³/mol. The highest BCUT2D eigenvalue weighted by molar-refractivity contribution is 6.31. The van der Waals surface area contributed by atoms with E-state index in [4.69, 9.17) is 16.3 Å². The molecular formula is C16H24ClN3O3. The van der Waals surface area contributed by atoms with Crippen LogP contribution in [-0.4, -0.2) is 49.1 Å². The van der Waals surface area contributed by atoms with Crippen LogP contribution >= 0.6 is 11.6 Å². The molecule has 0 spiro atoms. The first-order valence-corrected chi connectivity index (χ1v) is 8.07. The van der Waals surface area contributed by atoms with Crippen LogP contribution in [0.2, 0.25) is 5.02 Å². The van der Waals surface area contributed by atoms with Crippen molar-refractivity contribution < 1.29 is 14.6 Å². The minimum atomic E-state index is -1.00. The van der Waals surface area contributed by atoms with Gasteiger partial charge in [-0.3, -0.25) is 0 Å². The number of anilines is 2. The summed E-state index contributed by atoms with van der Waals surface area (Å²) < 4.78 is 5.36. The van der Waals surface area contributed by atoms with Crippen LogP contribution in [0.1, 0.15) is 20.8 Å². The molecule has 2 rings (SSSR count). The Kier molecular flexibility index (Phi) is 5.73.